The molecule has 0 unspecified atom stereocenters. The van der Waals surface area contributed by atoms with Gasteiger partial charge in [0.25, 0.3) is 0 Å². The molecule has 2 aromatic heterocycles. The first-order valence-corrected chi connectivity index (χ1v) is 9.36. The van der Waals surface area contributed by atoms with Crippen LogP contribution in [0.1, 0.15) is 59.8 Å². The van der Waals surface area contributed by atoms with Crippen molar-refractivity contribution in [3.8, 4) is 11.5 Å². The molecule has 0 saturated heterocycles. The van der Waals surface area contributed by atoms with Crippen molar-refractivity contribution in [1.82, 2.24) is 19.7 Å². The van der Waals surface area contributed by atoms with Gasteiger partial charge in [-0.05, 0) is 24.8 Å². The first kappa shape index (κ1) is 20.7. The lowest BCUT2D eigenvalue weighted by Crippen LogP contribution is -2.14. The minimum atomic E-state index is 0.194. The molecule has 0 aromatic carbocycles. The lowest BCUT2D eigenvalue weighted by Gasteiger charge is -2.21. The van der Waals surface area contributed by atoms with Crippen molar-refractivity contribution in [2.24, 2.45) is 5.92 Å². The van der Waals surface area contributed by atoms with Gasteiger partial charge in [-0.15, -0.1) is 0 Å². The molecule has 140 valence electrons. The van der Waals surface area contributed by atoms with Crippen LogP contribution in [0.25, 0.3) is 11.5 Å². The van der Waals surface area contributed by atoms with Gasteiger partial charge in [0.05, 0.1) is 0 Å². The first-order chi connectivity index (χ1) is 12.1. The van der Waals surface area contributed by atoms with Gasteiger partial charge in [-0.3, -0.25) is 4.68 Å². The third kappa shape index (κ3) is 5.62. The van der Waals surface area contributed by atoms with Crippen LogP contribution in [0.15, 0.2) is 12.3 Å². The van der Waals surface area contributed by atoms with Gasteiger partial charge < -0.3 is 17.2 Å². The maximum atomic E-state index is 5.72. The van der Waals surface area contributed by atoms with Crippen molar-refractivity contribution in [3.05, 3.63) is 12.3 Å². The van der Waals surface area contributed by atoms with Gasteiger partial charge >= 0.3 is 0 Å². The standard InChI is InChI=1S/C14H21N7.2C2H6/c15-11-12(16)18-14(19-13(11)17)10-6-7-21(20-10)8-9-4-2-1-3-5-9;2*1-2/h6-7,9H,1-5,8,15H2,(H4,16,17,18,19);2*1-2H3. The number of hydrogen-bond acceptors (Lipinski definition) is 6. The molecule has 0 spiro atoms. The normalized spacial score (nSPS) is 14.1. The predicted octanol–water partition coefficient (Wildman–Crippen LogP) is 3.72. The first-order valence-electron chi connectivity index (χ1n) is 9.36. The zero-order valence-electron chi connectivity index (χ0n) is 16.0. The summed E-state index contributed by atoms with van der Waals surface area (Å²) in [5, 5.41) is 4.53. The van der Waals surface area contributed by atoms with E-state index < -0.39 is 0 Å². The molecule has 2 heterocycles. The van der Waals surface area contributed by atoms with Crippen molar-refractivity contribution in [2.75, 3.05) is 17.2 Å². The van der Waals surface area contributed by atoms with Gasteiger partial charge in [0.1, 0.15) is 11.4 Å². The highest BCUT2D eigenvalue weighted by Gasteiger charge is 2.16. The Morgan fingerprint density at radius 1 is 0.960 bits per heavy atom. The molecule has 6 N–H and O–H groups in total. The monoisotopic (exact) mass is 347 g/mol. The second-order valence-electron chi connectivity index (χ2n) is 5.66. The lowest BCUT2D eigenvalue weighted by molar-refractivity contribution is 0.308. The van der Waals surface area contributed by atoms with Crippen molar-refractivity contribution >= 4 is 17.3 Å². The summed E-state index contributed by atoms with van der Waals surface area (Å²) in [7, 11) is 0. The largest absolute Gasteiger partial charge is 0.393 e. The Morgan fingerprint density at radius 2 is 1.52 bits per heavy atom. The van der Waals surface area contributed by atoms with Crippen LogP contribution in [-0.2, 0) is 6.54 Å². The molecule has 1 fully saturated rings. The molecule has 1 aliphatic rings. The number of rotatable bonds is 3. The van der Waals surface area contributed by atoms with Crippen LogP contribution < -0.4 is 17.2 Å². The number of nitrogens with two attached hydrogens (primary N) is 3. The highest BCUT2D eigenvalue weighted by atomic mass is 15.3. The van der Waals surface area contributed by atoms with Gasteiger partial charge in [0.2, 0.25) is 0 Å². The molecule has 7 heteroatoms. The predicted molar refractivity (Wildman–Crippen MR) is 106 cm³/mol. The molecule has 25 heavy (non-hydrogen) atoms. The van der Waals surface area contributed by atoms with Crippen LogP contribution in [0, 0.1) is 5.92 Å². The second kappa shape index (κ2) is 10.5. The Hall–Kier alpha value is -2.31. The number of anilines is 3. The van der Waals surface area contributed by atoms with Crippen LogP contribution in [0.3, 0.4) is 0 Å². The average Bonchev–Trinajstić information content (AvgIpc) is 3.12. The smallest absolute Gasteiger partial charge is 0.184 e. The minimum Gasteiger partial charge on any atom is -0.393 e. The summed E-state index contributed by atoms with van der Waals surface area (Å²) in [5.74, 6) is 1.52. The summed E-state index contributed by atoms with van der Waals surface area (Å²) >= 11 is 0. The minimum absolute atomic E-state index is 0.194. The van der Waals surface area contributed by atoms with E-state index >= 15 is 0 Å². The third-order valence-electron chi connectivity index (χ3n) is 4.04. The lowest BCUT2D eigenvalue weighted by atomic mass is 9.89. The van der Waals surface area contributed by atoms with E-state index in [0.29, 0.717) is 17.4 Å². The SMILES string of the molecule is CC.CC.Nc1nc(-c2ccn(CC3CCCCC3)n2)nc(N)c1N. The summed E-state index contributed by atoms with van der Waals surface area (Å²) in [6.07, 6.45) is 8.54. The number of nitrogen functional groups attached to an aromatic ring is 3. The molecule has 0 radical (unpaired) electrons. The fourth-order valence-corrected chi connectivity index (χ4v) is 2.84. The van der Waals surface area contributed by atoms with E-state index in [0.717, 1.165) is 6.54 Å². The molecular formula is C18H33N7. The molecule has 0 bridgehead atoms. The summed E-state index contributed by atoms with van der Waals surface area (Å²) in [6.45, 7) is 8.94. The summed E-state index contributed by atoms with van der Waals surface area (Å²) < 4.78 is 1.96. The average molecular weight is 348 g/mol. The highest BCUT2D eigenvalue weighted by Crippen LogP contribution is 2.26. The van der Waals surface area contributed by atoms with E-state index in [2.05, 4.69) is 15.1 Å². The number of nitrogens with zero attached hydrogens (tertiary/aromatic N) is 4. The molecule has 3 rings (SSSR count). The molecule has 2 aromatic rings. The summed E-state index contributed by atoms with van der Waals surface area (Å²) in [6, 6.07) is 1.88. The molecule has 0 atom stereocenters. The van der Waals surface area contributed by atoms with Crippen LogP contribution in [0.4, 0.5) is 17.3 Å². The summed E-state index contributed by atoms with van der Waals surface area (Å²) in [5.41, 5.74) is 18.0. The van der Waals surface area contributed by atoms with Crippen molar-refractivity contribution in [3.63, 3.8) is 0 Å². The van der Waals surface area contributed by atoms with Gasteiger partial charge in [0.15, 0.2) is 17.5 Å². The zero-order valence-corrected chi connectivity index (χ0v) is 16.0. The third-order valence-corrected chi connectivity index (χ3v) is 4.04. The second-order valence-corrected chi connectivity index (χ2v) is 5.66. The van der Waals surface area contributed by atoms with E-state index in [1.54, 1.807) is 0 Å². The highest BCUT2D eigenvalue weighted by molar-refractivity contribution is 5.73. The molecule has 1 saturated carbocycles. The Bertz CT molecular complexity index is 607. The molecule has 1 aliphatic carbocycles. The number of aromatic nitrogens is 4. The zero-order chi connectivity index (χ0) is 18.8. The quantitative estimate of drug-likeness (QED) is 0.778. The van der Waals surface area contributed by atoms with Crippen LogP contribution in [-0.4, -0.2) is 19.7 Å². The van der Waals surface area contributed by atoms with Crippen LogP contribution in [0.5, 0.6) is 0 Å². The van der Waals surface area contributed by atoms with Crippen molar-refractivity contribution in [1.29, 1.82) is 0 Å². The topological polar surface area (TPSA) is 122 Å². The fraction of sp³-hybridized carbons (Fsp3) is 0.611. The molecule has 0 amide bonds. The van der Waals surface area contributed by atoms with Crippen molar-refractivity contribution < 1.29 is 0 Å². The fourth-order valence-electron chi connectivity index (χ4n) is 2.84. The Labute approximate surface area is 151 Å². The Balaban J connectivity index is 0.000000730. The van der Waals surface area contributed by atoms with Crippen LogP contribution in [0.2, 0.25) is 0 Å². The van der Waals surface area contributed by atoms with E-state index in [9.17, 15) is 0 Å². The number of hydrogen-bond donors (Lipinski definition) is 3. The molecule has 0 aliphatic heterocycles. The van der Waals surface area contributed by atoms with Crippen LogP contribution >= 0.6 is 0 Å². The van der Waals surface area contributed by atoms with Gasteiger partial charge in [-0.2, -0.15) is 5.10 Å². The maximum Gasteiger partial charge on any atom is 0.184 e. The van der Waals surface area contributed by atoms with E-state index in [1.807, 2.05) is 44.6 Å². The maximum absolute atomic E-state index is 5.72. The van der Waals surface area contributed by atoms with Gasteiger partial charge in [0, 0.05) is 12.7 Å². The molecule has 7 nitrogen and oxygen atoms in total. The van der Waals surface area contributed by atoms with Gasteiger partial charge in [-0.1, -0.05) is 47.0 Å². The van der Waals surface area contributed by atoms with E-state index in [4.69, 9.17) is 17.2 Å². The van der Waals surface area contributed by atoms with Gasteiger partial charge in [-0.25, -0.2) is 9.97 Å². The molecular weight excluding hydrogens is 314 g/mol. The summed E-state index contributed by atoms with van der Waals surface area (Å²) in [4.78, 5) is 8.30. The van der Waals surface area contributed by atoms with Crippen molar-refractivity contribution in [2.45, 2.75) is 66.3 Å². The van der Waals surface area contributed by atoms with E-state index in [1.165, 1.54) is 32.1 Å². The van der Waals surface area contributed by atoms with E-state index in [-0.39, 0.29) is 17.3 Å². The Kier molecular flexibility index (Phi) is 8.74. The Morgan fingerprint density at radius 3 is 2.08 bits per heavy atom.